The number of carbonyl (C=O) groups excluding carboxylic acids is 4. The molecule has 1 heterocycles. The highest BCUT2D eigenvalue weighted by Gasteiger charge is 2.51. The van der Waals surface area contributed by atoms with Gasteiger partial charge in [0.2, 0.25) is 5.91 Å². The third kappa shape index (κ3) is 8.61. The molecule has 1 saturated heterocycles. The highest BCUT2D eigenvalue weighted by atomic mass is 16.7. The highest BCUT2D eigenvalue weighted by molar-refractivity contribution is 5.73. The lowest BCUT2D eigenvalue weighted by Crippen LogP contribution is -2.66. The average Bonchev–Trinajstić information content (AvgIpc) is 2.60. The van der Waals surface area contributed by atoms with Crippen molar-refractivity contribution in [2.24, 2.45) is 0 Å². The molecule has 29 heavy (non-hydrogen) atoms. The Morgan fingerprint density at radius 2 is 1.62 bits per heavy atom. The van der Waals surface area contributed by atoms with Gasteiger partial charge in [0.1, 0.15) is 18.8 Å². The number of rotatable bonds is 10. The zero-order valence-corrected chi connectivity index (χ0v) is 17.2. The second-order valence-corrected chi connectivity index (χ2v) is 6.52. The van der Waals surface area contributed by atoms with Crippen LogP contribution in [-0.4, -0.2) is 67.7 Å². The summed E-state index contributed by atoms with van der Waals surface area (Å²) in [7, 11) is 0. The Balaban J connectivity index is 3.19. The van der Waals surface area contributed by atoms with Gasteiger partial charge in [-0.3, -0.25) is 19.2 Å². The standard InChI is InChI=1S/C19H29NO9/c1-6-7-8-9-25-19-16(20-11(2)21)18(28-14(5)24)17(27-13(4)23)15(29-19)10-26-12(3)22/h6,15-19H,1,7-10H2,2-5H3,(H,20,21)/t15-,16-,17-,18-,19+/m1/s1. The van der Waals surface area contributed by atoms with Gasteiger partial charge in [-0.1, -0.05) is 6.08 Å². The van der Waals surface area contributed by atoms with Crippen LogP contribution in [0.5, 0.6) is 0 Å². The summed E-state index contributed by atoms with van der Waals surface area (Å²) in [5.41, 5.74) is 0. The minimum Gasteiger partial charge on any atom is -0.463 e. The van der Waals surface area contributed by atoms with E-state index in [4.69, 9.17) is 23.7 Å². The van der Waals surface area contributed by atoms with Crippen LogP contribution in [-0.2, 0) is 42.9 Å². The Bertz CT molecular complexity index is 606. The van der Waals surface area contributed by atoms with Crippen LogP contribution >= 0.6 is 0 Å². The van der Waals surface area contributed by atoms with E-state index in [1.807, 2.05) is 0 Å². The first-order chi connectivity index (χ1) is 13.6. The van der Waals surface area contributed by atoms with E-state index < -0.39 is 54.5 Å². The van der Waals surface area contributed by atoms with Crippen molar-refractivity contribution >= 4 is 23.8 Å². The van der Waals surface area contributed by atoms with Gasteiger partial charge in [-0.05, 0) is 12.8 Å². The minimum absolute atomic E-state index is 0.260. The summed E-state index contributed by atoms with van der Waals surface area (Å²) >= 11 is 0. The first kappa shape index (κ1) is 24.6. The second-order valence-electron chi connectivity index (χ2n) is 6.52. The lowest BCUT2D eigenvalue weighted by atomic mass is 9.96. The number of carbonyl (C=O) groups is 4. The van der Waals surface area contributed by atoms with E-state index in [9.17, 15) is 19.2 Å². The van der Waals surface area contributed by atoms with Crippen molar-refractivity contribution in [2.45, 2.75) is 71.2 Å². The van der Waals surface area contributed by atoms with Crippen molar-refractivity contribution in [3.63, 3.8) is 0 Å². The molecular formula is C19H29NO9. The van der Waals surface area contributed by atoms with Gasteiger partial charge in [-0.15, -0.1) is 6.58 Å². The summed E-state index contributed by atoms with van der Waals surface area (Å²) in [4.78, 5) is 46.3. The fourth-order valence-corrected chi connectivity index (χ4v) is 2.86. The number of amides is 1. The Labute approximate surface area is 169 Å². The van der Waals surface area contributed by atoms with E-state index in [2.05, 4.69) is 11.9 Å². The Kier molecular flexibility index (Phi) is 10.3. The SMILES string of the molecule is C=CCCCO[C@H]1O[C@H](COC(C)=O)[C@@H](OC(C)=O)[C@H](OC(C)=O)[C@H]1NC(C)=O. The molecule has 1 aliphatic heterocycles. The largest absolute Gasteiger partial charge is 0.463 e. The number of unbranched alkanes of at least 4 members (excludes halogenated alkanes) is 1. The number of allylic oxidation sites excluding steroid dienone is 1. The molecule has 10 heteroatoms. The molecule has 0 bridgehead atoms. The van der Waals surface area contributed by atoms with Gasteiger partial charge >= 0.3 is 17.9 Å². The van der Waals surface area contributed by atoms with Gasteiger partial charge in [-0.25, -0.2) is 0 Å². The smallest absolute Gasteiger partial charge is 0.303 e. The fraction of sp³-hybridized carbons (Fsp3) is 0.684. The fourth-order valence-electron chi connectivity index (χ4n) is 2.86. The first-order valence-corrected chi connectivity index (χ1v) is 9.28. The molecule has 1 amide bonds. The van der Waals surface area contributed by atoms with E-state index in [1.54, 1.807) is 6.08 Å². The molecule has 0 aromatic carbocycles. The number of nitrogens with one attached hydrogen (secondary N) is 1. The maximum absolute atomic E-state index is 11.7. The van der Waals surface area contributed by atoms with Gasteiger partial charge < -0.3 is 29.0 Å². The molecule has 0 aromatic rings. The van der Waals surface area contributed by atoms with Crippen molar-refractivity contribution in [1.82, 2.24) is 5.32 Å². The van der Waals surface area contributed by atoms with Crippen molar-refractivity contribution in [3.8, 4) is 0 Å². The van der Waals surface area contributed by atoms with E-state index in [0.717, 1.165) is 0 Å². The zero-order chi connectivity index (χ0) is 22.0. The maximum Gasteiger partial charge on any atom is 0.303 e. The van der Waals surface area contributed by atoms with Crippen LogP contribution in [0.25, 0.3) is 0 Å². The summed E-state index contributed by atoms with van der Waals surface area (Å²) < 4.78 is 27.3. The number of esters is 3. The first-order valence-electron chi connectivity index (χ1n) is 9.28. The van der Waals surface area contributed by atoms with Crippen molar-refractivity contribution in [1.29, 1.82) is 0 Å². The van der Waals surface area contributed by atoms with E-state index in [1.165, 1.54) is 27.7 Å². The normalized spacial score (nSPS) is 26.1. The molecule has 0 radical (unpaired) electrons. The van der Waals surface area contributed by atoms with Gasteiger partial charge in [0.05, 0.1) is 6.61 Å². The topological polar surface area (TPSA) is 126 Å². The zero-order valence-electron chi connectivity index (χ0n) is 17.2. The quantitative estimate of drug-likeness (QED) is 0.236. The van der Waals surface area contributed by atoms with Crippen LogP contribution in [0.3, 0.4) is 0 Å². The van der Waals surface area contributed by atoms with E-state index >= 15 is 0 Å². The van der Waals surface area contributed by atoms with Crippen LogP contribution in [0.4, 0.5) is 0 Å². The van der Waals surface area contributed by atoms with Crippen molar-refractivity contribution < 1.29 is 42.9 Å². The Hall–Kier alpha value is -2.46. The summed E-state index contributed by atoms with van der Waals surface area (Å²) in [5, 5.41) is 2.63. The summed E-state index contributed by atoms with van der Waals surface area (Å²) in [6.45, 7) is 8.52. The maximum atomic E-state index is 11.7. The molecule has 0 saturated carbocycles. The monoisotopic (exact) mass is 415 g/mol. The van der Waals surface area contributed by atoms with Gasteiger partial charge in [0.15, 0.2) is 18.5 Å². The van der Waals surface area contributed by atoms with E-state index in [-0.39, 0.29) is 13.2 Å². The van der Waals surface area contributed by atoms with Gasteiger partial charge in [-0.2, -0.15) is 0 Å². The van der Waals surface area contributed by atoms with Crippen LogP contribution in [0, 0.1) is 0 Å². The lowest BCUT2D eigenvalue weighted by Gasteiger charge is -2.44. The third-order valence-corrected chi connectivity index (χ3v) is 3.91. The molecule has 10 nitrogen and oxygen atoms in total. The molecule has 0 spiro atoms. The molecule has 0 aromatic heterocycles. The summed E-state index contributed by atoms with van der Waals surface area (Å²) in [6, 6.07) is -0.946. The third-order valence-electron chi connectivity index (χ3n) is 3.91. The summed E-state index contributed by atoms with van der Waals surface area (Å²) in [6.07, 6.45) is -1.14. The molecule has 0 unspecified atom stereocenters. The van der Waals surface area contributed by atoms with Crippen LogP contribution < -0.4 is 5.32 Å². The molecule has 5 atom stereocenters. The molecule has 1 aliphatic rings. The van der Waals surface area contributed by atoms with Crippen LogP contribution in [0.15, 0.2) is 12.7 Å². The molecule has 1 fully saturated rings. The highest BCUT2D eigenvalue weighted by Crippen LogP contribution is 2.28. The van der Waals surface area contributed by atoms with Crippen LogP contribution in [0.1, 0.15) is 40.5 Å². The molecule has 1 N–H and O–H groups in total. The molecule has 164 valence electrons. The Morgan fingerprint density at radius 3 is 2.14 bits per heavy atom. The van der Waals surface area contributed by atoms with E-state index in [0.29, 0.717) is 12.8 Å². The molecular weight excluding hydrogens is 386 g/mol. The molecule has 1 rings (SSSR count). The number of ether oxygens (including phenoxy) is 5. The minimum atomic E-state index is -1.12. The number of hydrogen-bond donors (Lipinski definition) is 1. The summed E-state index contributed by atoms with van der Waals surface area (Å²) in [5.74, 6) is -2.29. The van der Waals surface area contributed by atoms with Gasteiger partial charge in [0, 0.05) is 27.7 Å². The van der Waals surface area contributed by atoms with Crippen LogP contribution in [0.2, 0.25) is 0 Å². The Morgan fingerprint density at radius 1 is 1.00 bits per heavy atom. The predicted octanol–water partition coefficient (Wildman–Crippen LogP) is 0.625. The average molecular weight is 415 g/mol. The number of hydrogen-bond acceptors (Lipinski definition) is 9. The second kappa shape index (κ2) is 12.2. The molecule has 0 aliphatic carbocycles. The van der Waals surface area contributed by atoms with Gasteiger partial charge in [0.25, 0.3) is 0 Å². The lowest BCUT2D eigenvalue weighted by molar-refractivity contribution is -0.277. The van der Waals surface area contributed by atoms with Crippen molar-refractivity contribution in [3.05, 3.63) is 12.7 Å². The van der Waals surface area contributed by atoms with Crippen molar-refractivity contribution in [2.75, 3.05) is 13.2 Å². The predicted molar refractivity (Wildman–Crippen MR) is 99.4 cm³/mol.